The molecule has 2 aliphatic heterocycles. The highest BCUT2D eigenvalue weighted by Crippen LogP contribution is 2.43. The molecule has 0 aliphatic carbocycles. The highest BCUT2D eigenvalue weighted by Gasteiger charge is 2.56. The summed E-state index contributed by atoms with van der Waals surface area (Å²) in [7, 11) is 1.29. The number of carbonyl (C=O) groups is 3. The van der Waals surface area contributed by atoms with Gasteiger partial charge in [-0.1, -0.05) is 23.4 Å². The summed E-state index contributed by atoms with van der Waals surface area (Å²) in [6.45, 7) is 0.00357. The maximum absolute atomic E-state index is 12.8. The summed E-state index contributed by atoms with van der Waals surface area (Å²) in [6, 6.07) is 2.76. The van der Waals surface area contributed by atoms with Gasteiger partial charge < -0.3 is 25.9 Å². The lowest BCUT2D eigenvalue weighted by atomic mass is 9.86. The van der Waals surface area contributed by atoms with Crippen LogP contribution in [0.25, 0.3) is 6.08 Å². The molecular weight excluding hydrogens is 468 g/mol. The van der Waals surface area contributed by atoms with Crippen molar-refractivity contribution in [3.8, 4) is 0 Å². The molecule has 172 valence electrons. The van der Waals surface area contributed by atoms with Crippen LogP contribution in [0, 0.1) is 5.41 Å². The van der Waals surface area contributed by atoms with Gasteiger partial charge in [-0.05, 0) is 11.6 Å². The van der Waals surface area contributed by atoms with Crippen LogP contribution in [-0.4, -0.2) is 74.3 Å². The number of nitrogens with two attached hydrogens (primary N) is 1. The molecule has 0 radical (unpaired) electrons. The van der Waals surface area contributed by atoms with E-state index in [-0.39, 0.29) is 40.1 Å². The molecule has 2 aromatic heterocycles. The Bertz CT molecular complexity index is 1140. The Balaban J connectivity index is 1.46. The van der Waals surface area contributed by atoms with Crippen LogP contribution in [0.2, 0.25) is 0 Å². The Kier molecular flexibility index (Phi) is 6.33. The van der Waals surface area contributed by atoms with E-state index in [4.69, 9.17) is 10.6 Å². The molecule has 4 N–H and O–H groups in total. The summed E-state index contributed by atoms with van der Waals surface area (Å²) in [5.41, 5.74) is 5.28. The number of thioether (sulfide) groups is 1. The Morgan fingerprint density at radius 3 is 2.94 bits per heavy atom. The highest BCUT2D eigenvalue weighted by atomic mass is 32.2. The van der Waals surface area contributed by atoms with Gasteiger partial charge in [0.2, 0.25) is 5.91 Å². The van der Waals surface area contributed by atoms with Gasteiger partial charge in [0.15, 0.2) is 10.8 Å². The van der Waals surface area contributed by atoms with Crippen molar-refractivity contribution >= 4 is 57.8 Å². The predicted octanol–water partition coefficient (Wildman–Crippen LogP) is 0.655. The minimum atomic E-state index is -1.25. The fraction of sp³-hybridized carbons (Fsp3) is 0.300. The van der Waals surface area contributed by atoms with E-state index < -0.39 is 23.3 Å². The monoisotopic (exact) mass is 488 g/mol. The van der Waals surface area contributed by atoms with Crippen molar-refractivity contribution in [3.05, 3.63) is 47.2 Å². The minimum Gasteiger partial charge on any atom is -0.481 e. The molecule has 2 aromatic rings. The van der Waals surface area contributed by atoms with Gasteiger partial charge in [-0.2, -0.15) is 0 Å². The molecule has 2 aliphatic rings. The number of hydrogen-bond donors (Lipinski definition) is 3. The third-order valence-corrected chi connectivity index (χ3v) is 7.48. The van der Waals surface area contributed by atoms with E-state index in [1.165, 1.54) is 23.8 Å². The number of nitrogens with zero attached hydrogens (tertiary/aromatic N) is 4. The number of aromatic nitrogens is 2. The zero-order chi connectivity index (χ0) is 23.6. The summed E-state index contributed by atoms with van der Waals surface area (Å²) < 4.78 is 0. The maximum atomic E-state index is 12.8. The molecule has 4 heterocycles. The second kappa shape index (κ2) is 9.19. The number of anilines is 1. The van der Waals surface area contributed by atoms with Crippen LogP contribution in [0.4, 0.5) is 5.13 Å². The smallest absolute Gasteiger partial charge is 0.316 e. The molecule has 0 spiro atoms. The van der Waals surface area contributed by atoms with Crippen molar-refractivity contribution in [2.24, 2.45) is 10.6 Å². The van der Waals surface area contributed by atoms with Gasteiger partial charge in [-0.3, -0.25) is 19.4 Å². The molecule has 11 nitrogen and oxygen atoms in total. The van der Waals surface area contributed by atoms with Crippen LogP contribution in [0.1, 0.15) is 11.3 Å². The lowest BCUT2D eigenvalue weighted by Crippen LogP contribution is -2.73. The first kappa shape index (κ1) is 22.7. The Morgan fingerprint density at radius 2 is 2.30 bits per heavy atom. The molecule has 2 amide bonds. The van der Waals surface area contributed by atoms with Crippen LogP contribution in [0.15, 0.2) is 41.1 Å². The lowest BCUT2D eigenvalue weighted by Gasteiger charge is -2.53. The minimum absolute atomic E-state index is 0.00357. The van der Waals surface area contributed by atoms with Crippen molar-refractivity contribution < 1.29 is 24.3 Å². The second-order valence-corrected chi connectivity index (χ2v) is 9.39. The molecule has 2 unspecified atom stereocenters. The standard InChI is InChI=1S/C20H20N6O5S2/c1-31-25-13(12-8-32-19(21)23-12)15(27)24-14-16(28)26-9-20(18(29)30,10-33-17(14)26)5-4-11-3-2-6-22-7-11/h2-8,14,17H,9-10H2,1H3,(H2,21,23)(H,24,27)(H,29,30)/t14?,17-,20?/m1/s1. The zero-order valence-electron chi connectivity index (χ0n) is 17.4. The van der Waals surface area contributed by atoms with Crippen LogP contribution in [-0.2, 0) is 19.2 Å². The third-order valence-electron chi connectivity index (χ3n) is 5.26. The number of carboxylic acids is 1. The summed E-state index contributed by atoms with van der Waals surface area (Å²) >= 11 is 2.44. The van der Waals surface area contributed by atoms with Crippen molar-refractivity contribution in [3.63, 3.8) is 0 Å². The van der Waals surface area contributed by atoms with E-state index >= 15 is 0 Å². The van der Waals surface area contributed by atoms with Gasteiger partial charge >= 0.3 is 5.97 Å². The van der Waals surface area contributed by atoms with Crippen molar-refractivity contribution in [2.45, 2.75) is 11.4 Å². The van der Waals surface area contributed by atoms with Gasteiger partial charge in [-0.15, -0.1) is 23.1 Å². The summed E-state index contributed by atoms with van der Waals surface area (Å²) in [6.07, 6.45) is 6.55. The van der Waals surface area contributed by atoms with E-state index in [1.54, 1.807) is 36.0 Å². The number of amides is 2. The second-order valence-electron chi connectivity index (χ2n) is 7.39. The van der Waals surface area contributed by atoms with Crippen molar-refractivity contribution in [2.75, 3.05) is 25.1 Å². The number of nitrogen functional groups attached to an aromatic ring is 1. The van der Waals surface area contributed by atoms with Crippen LogP contribution in [0.5, 0.6) is 0 Å². The van der Waals surface area contributed by atoms with Crippen LogP contribution in [0.3, 0.4) is 0 Å². The molecule has 33 heavy (non-hydrogen) atoms. The van der Waals surface area contributed by atoms with Gasteiger partial charge in [0, 0.05) is 30.1 Å². The van der Waals surface area contributed by atoms with Crippen LogP contribution < -0.4 is 11.1 Å². The van der Waals surface area contributed by atoms with E-state index in [9.17, 15) is 19.5 Å². The van der Waals surface area contributed by atoms with E-state index in [2.05, 4.69) is 20.4 Å². The largest absolute Gasteiger partial charge is 0.481 e. The van der Waals surface area contributed by atoms with E-state index in [1.807, 2.05) is 6.07 Å². The number of oxime groups is 1. The fourth-order valence-corrected chi connectivity index (χ4v) is 5.59. The lowest BCUT2D eigenvalue weighted by molar-refractivity contribution is -0.155. The first-order chi connectivity index (χ1) is 15.8. The normalized spacial score (nSPS) is 24.8. The van der Waals surface area contributed by atoms with Crippen LogP contribution >= 0.6 is 23.1 Å². The number of hydrogen-bond acceptors (Lipinski definition) is 10. The predicted molar refractivity (Wildman–Crippen MR) is 123 cm³/mol. The first-order valence-corrected chi connectivity index (χ1v) is 11.7. The number of nitrogens with one attached hydrogen (secondary N) is 1. The SMILES string of the molecule is CON=C(C(=O)NC1C(=O)N2CC(C=Cc3cccnc3)(C(=O)O)CS[C@H]12)c1csc(N)n1. The molecule has 2 fully saturated rings. The molecule has 0 bridgehead atoms. The number of fused-ring (bicyclic) bond motifs is 1. The number of thiazole rings is 1. The molecule has 13 heteroatoms. The van der Waals surface area contributed by atoms with Gasteiger partial charge in [-0.25, -0.2) is 4.98 Å². The van der Waals surface area contributed by atoms with Crippen molar-refractivity contribution in [1.82, 2.24) is 20.2 Å². The average Bonchev–Trinajstić information content (AvgIpc) is 3.25. The first-order valence-electron chi connectivity index (χ1n) is 9.73. The summed E-state index contributed by atoms with van der Waals surface area (Å²) in [5, 5.41) is 17.7. The third kappa shape index (κ3) is 4.41. The van der Waals surface area contributed by atoms with Gasteiger partial charge in [0.25, 0.3) is 5.91 Å². The Morgan fingerprint density at radius 1 is 1.48 bits per heavy atom. The number of pyridine rings is 1. The topological polar surface area (TPSA) is 160 Å². The molecule has 0 saturated carbocycles. The zero-order valence-corrected chi connectivity index (χ0v) is 19.0. The molecular formula is C20H20N6O5S2. The maximum Gasteiger partial charge on any atom is 0.316 e. The van der Waals surface area contributed by atoms with Gasteiger partial charge in [0.1, 0.15) is 29.6 Å². The molecule has 3 atom stereocenters. The number of carboxylic acid groups (broad SMARTS) is 1. The van der Waals surface area contributed by atoms with Crippen molar-refractivity contribution in [1.29, 1.82) is 0 Å². The quantitative estimate of drug-likeness (QED) is 0.289. The van der Waals surface area contributed by atoms with E-state index in [0.717, 1.165) is 16.9 Å². The Hall–Kier alpha value is -3.45. The average molecular weight is 489 g/mol. The highest BCUT2D eigenvalue weighted by molar-refractivity contribution is 8.00. The van der Waals surface area contributed by atoms with E-state index in [0.29, 0.717) is 0 Å². The Labute approximate surface area is 196 Å². The summed E-state index contributed by atoms with van der Waals surface area (Å²) in [4.78, 5) is 52.0. The molecule has 4 rings (SSSR count). The number of aliphatic carboxylic acids is 1. The molecule has 2 saturated heterocycles. The van der Waals surface area contributed by atoms with Gasteiger partial charge in [0.05, 0.1) is 0 Å². The number of carbonyl (C=O) groups excluding carboxylic acids is 2. The molecule has 0 aromatic carbocycles. The summed E-state index contributed by atoms with van der Waals surface area (Å²) in [5.74, 6) is -1.78. The number of β-lactam (4-membered cyclic amide) rings is 1. The fourth-order valence-electron chi connectivity index (χ4n) is 3.53. The number of rotatable bonds is 7.